The topological polar surface area (TPSA) is 95.7 Å². The molecule has 4 N–H and O–H groups in total. The summed E-state index contributed by atoms with van der Waals surface area (Å²) in [7, 11) is 0. The predicted molar refractivity (Wildman–Crippen MR) is 86.9 cm³/mol. The van der Waals surface area contributed by atoms with Gasteiger partial charge >= 0.3 is 0 Å². The van der Waals surface area contributed by atoms with Gasteiger partial charge in [-0.3, -0.25) is 0 Å². The lowest BCUT2D eigenvalue weighted by atomic mass is 10.3. The normalized spacial score (nSPS) is 8.90. The van der Waals surface area contributed by atoms with Gasteiger partial charge in [0.1, 0.15) is 0 Å². The van der Waals surface area contributed by atoms with E-state index in [1.807, 2.05) is 12.1 Å². The van der Waals surface area contributed by atoms with Crippen LogP contribution in [0, 0.1) is 22.7 Å². The average Bonchev–Trinajstić information content (AvgIpc) is 2.43. The maximum Gasteiger partial charge on any atom is 0.166 e. The van der Waals surface area contributed by atoms with Crippen LogP contribution in [-0.2, 0) is 0 Å². The van der Waals surface area contributed by atoms with Crippen LogP contribution in [0.5, 0.6) is 0 Å². The summed E-state index contributed by atoms with van der Waals surface area (Å²) in [5.74, 6) is 0. The third kappa shape index (κ3) is 12.8. The zero-order chi connectivity index (χ0) is 15.1. The van der Waals surface area contributed by atoms with Gasteiger partial charge in [0.25, 0.3) is 0 Å². The minimum absolute atomic E-state index is 0.446. The third-order valence-electron chi connectivity index (χ3n) is 2.22. The van der Waals surface area contributed by atoms with Crippen LogP contribution in [0.1, 0.15) is 25.7 Å². The van der Waals surface area contributed by atoms with Crippen molar-refractivity contribution in [1.82, 2.24) is 21.3 Å². The number of unbranched alkanes of at least 4 members (excludes halogenated alkanes) is 1. The lowest BCUT2D eigenvalue weighted by Crippen LogP contribution is -2.37. The van der Waals surface area contributed by atoms with Gasteiger partial charge in [0, 0.05) is 26.2 Å². The molecule has 0 bridgehead atoms. The van der Waals surface area contributed by atoms with E-state index in [4.69, 9.17) is 35.0 Å². The second-order valence-electron chi connectivity index (χ2n) is 3.89. The third-order valence-corrected chi connectivity index (χ3v) is 2.80. The summed E-state index contributed by atoms with van der Waals surface area (Å²) < 4.78 is 0. The van der Waals surface area contributed by atoms with Gasteiger partial charge in [0.2, 0.25) is 0 Å². The van der Waals surface area contributed by atoms with Crippen LogP contribution in [0.25, 0.3) is 0 Å². The Labute approximate surface area is 130 Å². The minimum Gasteiger partial charge on any atom is -0.363 e. The first-order valence-electron chi connectivity index (χ1n) is 6.48. The number of hydrogen-bond donors (Lipinski definition) is 4. The number of nitrogens with one attached hydrogen (secondary N) is 4. The second kappa shape index (κ2) is 13.8. The van der Waals surface area contributed by atoms with Crippen molar-refractivity contribution in [3.8, 4) is 12.1 Å². The van der Waals surface area contributed by atoms with Gasteiger partial charge in [-0.05, 0) is 37.3 Å². The van der Waals surface area contributed by atoms with Crippen LogP contribution in [0.4, 0.5) is 0 Å². The molecule has 0 radical (unpaired) electrons. The summed E-state index contributed by atoms with van der Waals surface area (Å²) in [4.78, 5) is 0. The largest absolute Gasteiger partial charge is 0.363 e. The Morgan fingerprint density at radius 2 is 1.05 bits per heavy atom. The van der Waals surface area contributed by atoms with Crippen molar-refractivity contribution in [2.24, 2.45) is 0 Å². The molecule has 0 aliphatic carbocycles. The van der Waals surface area contributed by atoms with Gasteiger partial charge in [-0.2, -0.15) is 10.5 Å². The molecule has 8 heteroatoms. The molecule has 0 heterocycles. The number of thiocarbonyl (C=S) groups is 2. The van der Waals surface area contributed by atoms with Gasteiger partial charge in [-0.15, -0.1) is 0 Å². The standard InChI is InChI=1S/C12H20N6S2/c13-5-3-9-17-11(19)15-7-1-2-8-16-12(20)18-10-4-6-14/h1-4,7-10H2,(H2,15,17,19)(H2,16,18,20). The van der Waals surface area contributed by atoms with E-state index in [0.29, 0.717) is 36.2 Å². The Kier molecular flexibility index (Phi) is 12.7. The van der Waals surface area contributed by atoms with E-state index in [2.05, 4.69) is 21.3 Å². The first kappa shape index (κ1) is 18.4. The molecule has 0 aromatic carbocycles. The second-order valence-corrected chi connectivity index (χ2v) is 4.71. The predicted octanol–water partition coefficient (Wildman–Crippen LogP) is 0.522. The van der Waals surface area contributed by atoms with Crippen LogP contribution in [-0.4, -0.2) is 36.4 Å². The first-order chi connectivity index (χ1) is 9.70. The number of rotatable bonds is 9. The molecule has 0 amide bonds. The van der Waals surface area contributed by atoms with Gasteiger partial charge in [-0.1, -0.05) is 0 Å². The van der Waals surface area contributed by atoms with Gasteiger partial charge < -0.3 is 21.3 Å². The number of hydrogen-bond acceptors (Lipinski definition) is 4. The van der Waals surface area contributed by atoms with Crippen LogP contribution in [0.15, 0.2) is 0 Å². The highest BCUT2D eigenvalue weighted by molar-refractivity contribution is 7.80. The van der Waals surface area contributed by atoms with E-state index in [-0.39, 0.29) is 0 Å². The van der Waals surface area contributed by atoms with Crippen molar-refractivity contribution in [1.29, 1.82) is 10.5 Å². The van der Waals surface area contributed by atoms with Gasteiger partial charge in [0.15, 0.2) is 10.2 Å². The molecule has 0 aromatic rings. The molecule has 0 aliphatic rings. The molecule has 20 heavy (non-hydrogen) atoms. The van der Waals surface area contributed by atoms with Crippen LogP contribution in [0.2, 0.25) is 0 Å². The fraction of sp³-hybridized carbons (Fsp3) is 0.667. The summed E-state index contributed by atoms with van der Waals surface area (Å²) in [5.41, 5.74) is 0. The van der Waals surface area contributed by atoms with Crippen molar-refractivity contribution in [3.05, 3.63) is 0 Å². The Hall–Kier alpha value is -1.64. The maximum atomic E-state index is 8.37. The molecule has 0 unspecified atom stereocenters. The zero-order valence-electron chi connectivity index (χ0n) is 11.4. The molecule has 0 saturated heterocycles. The van der Waals surface area contributed by atoms with Crippen molar-refractivity contribution < 1.29 is 0 Å². The first-order valence-corrected chi connectivity index (χ1v) is 7.29. The fourth-order valence-corrected chi connectivity index (χ4v) is 1.65. The van der Waals surface area contributed by atoms with E-state index < -0.39 is 0 Å². The van der Waals surface area contributed by atoms with E-state index in [9.17, 15) is 0 Å². The highest BCUT2D eigenvalue weighted by Crippen LogP contribution is 1.85. The molecular weight excluding hydrogens is 292 g/mol. The van der Waals surface area contributed by atoms with Crippen LogP contribution >= 0.6 is 24.4 Å². The summed E-state index contributed by atoms with van der Waals surface area (Å²) in [6, 6.07) is 4.08. The Balaban J connectivity index is 3.32. The summed E-state index contributed by atoms with van der Waals surface area (Å²) >= 11 is 10.1. The molecule has 110 valence electrons. The van der Waals surface area contributed by atoms with E-state index >= 15 is 0 Å². The minimum atomic E-state index is 0.446. The molecule has 0 spiro atoms. The molecule has 6 nitrogen and oxygen atoms in total. The molecule has 0 rings (SSSR count). The molecule has 0 aliphatic heterocycles. The molecule has 0 fully saturated rings. The summed E-state index contributed by atoms with van der Waals surface area (Å²) in [5, 5.41) is 29.9. The fourth-order valence-electron chi connectivity index (χ4n) is 1.24. The van der Waals surface area contributed by atoms with Crippen molar-refractivity contribution >= 4 is 34.7 Å². The molecule has 0 saturated carbocycles. The Bertz CT molecular complexity index is 335. The Morgan fingerprint density at radius 3 is 1.40 bits per heavy atom. The summed E-state index contributed by atoms with van der Waals surface area (Å²) in [6.45, 7) is 2.72. The van der Waals surface area contributed by atoms with E-state index in [1.54, 1.807) is 0 Å². The lowest BCUT2D eigenvalue weighted by Gasteiger charge is -2.10. The lowest BCUT2D eigenvalue weighted by molar-refractivity contribution is 0.679. The van der Waals surface area contributed by atoms with Crippen LogP contribution < -0.4 is 21.3 Å². The average molecular weight is 312 g/mol. The monoisotopic (exact) mass is 312 g/mol. The molecular formula is C12H20N6S2. The van der Waals surface area contributed by atoms with Gasteiger partial charge in [-0.25, -0.2) is 0 Å². The maximum absolute atomic E-state index is 8.37. The summed E-state index contributed by atoms with van der Waals surface area (Å²) in [6.07, 6.45) is 2.83. The van der Waals surface area contributed by atoms with E-state index in [1.165, 1.54) is 0 Å². The zero-order valence-corrected chi connectivity index (χ0v) is 13.0. The Morgan fingerprint density at radius 1 is 0.700 bits per heavy atom. The smallest absolute Gasteiger partial charge is 0.166 e. The highest BCUT2D eigenvalue weighted by Gasteiger charge is 1.96. The van der Waals surface area contributed by atoms with Crippen molar-refractivity contribution in [2.45, 2.75) is 25.7 Å². The molecule has 0 aromatic heterocycles. The highest BCUT2D eigenvalue weighted by atomic mass is 32.1. The number of nitrogens with zero attached hydrogens (tertiary/aromatic N) is 2. The number of nitriles is 2. The molecule has 0 atom stereocenters. The SMILES string of the molecule is N#CCCNC(=S)NCCCCNC(=S)NCCC#N. The van der Waals surface area contributed by atoms with Gasteiger partial charge in [0.05, 0.1) is 25.0 Å². The van der Waals surface area contributed by atoms with Crippen molar-refractivity contribution in [2.75, 3.05) is 26.2 Å². The quantitative estimate of drug-likeness (QED) is 0.361. The van der Waals surface area contributed by atoms with Crippen LogP contribution in [0.3, 0.4) is 0 Å². The van der Waals surface area contributed by atoms with Crippen molar-refractivity contribution in [3.63, 3.8) is 0 Å². The van der Waals surface area contributed by atoms with E-state index in [0.717, 1.165) is 25.9 Å².